The molecule has 2 aliphatic rings. The summed E-state index contributed by atoms with van der Waals surface area (Å²) in [6.45, 7) is 8.18. The lowest BCUT2D eigenvalue weighted by atomic mass is 9.89. The fourth-order valence-electron chi connectivity index (χ4n) is 3.61. The standard InChI is InChI=1S/C18H25NO3/c1-13-11-19(12-18(2,3)22-13)17(20)10-14-8-9-21-16-7-5-4-6-15(14)16/h4-7,13-14H,8-12H2,1-3H3/t13-,14-/m1/s1. The second-order valence-corrected chi connectivity index (χ2v) is 7.04. The lowest BCUT2D eigenvalue weighted by molar-refractivity contribution is -0.158. The lowest BCUT2D eigenvalue weighted by Crippen LogP contribution is -2.54. The van der Waals surface area contributed by atoms with E-state index in [9.17, 15) is 4.79 Å². The summed E-state index contributed by atoms with van der Waals surface area (Å²) in [5.74, 6) is 1.42. The van der Waals surface area contributed by atoms with E-state index in [1.807, 2.05) is 43.9 Å². The molecule has 4 nitrogen and oxygen atoms in total. The molecule has 1 aromatic carbocycles. The van der Waals surface area contributed by atoms with E-state index in [1.54, 1.807) is 0 Å². The predicted molar refractivity (Wildman–Crippen MR) is 85.1 cm³/mol. The van der Waals surface area contributed by atoms with Crippen molar-refractivity contribution in [2.24, 2.45) is 0 Å². The molecule has 120 valence electrons. The Morgan fingerprint density at radius 1 is 1.36 bits per heavy atom. The van der Waals surface area contributed by atoms with E-state index in [4.69, 9.17) is 9.47 Å². The van der Waals surface area contributed by atoms with Gasteiger partial charge < -0.3 is 14.4 Å². The molecular weight excluding hydrogens is 278 g/mol. The molecule has 0 unspecified atom stereocenters. The van der Waals surface area contributed by atoms with Gasteiger partial charge in [0.25, 0.3) is 0 Å². The van der Waals surface area contributed by atoms with Gasteiger partial charge in [0.2, 0.25) is 5.91 Å². The topological polar surface area (TPSA) is 38.8 Å². The SMILES string of the molecule is C[C@@H]1CN(C(=O)C[C@H]2CCOc3ccccc32)CC(C)(C)O1. The molecule has 0 N–H and O–H groups in total. The van der Waals surface area contributed by atoms with Gasteiger partial charge in [0.15, 0.2) is 0 Å². The second-order valence-electron chi connectivity index (χ2n) is 7.04. The maximum Gasteiger partial charge on any atom is 0.223 e. The van der Waals surface area contributed by atoms with Crippen molar-refractivity contribution in [2.75, 3.05) is 19.7 Å². The number of carbonyl (C=O) groups excluding carboxylic acids is 1. The van der Waals surface area contributed by atoms with Crippen LogP contribution in [-0.2, 0) is 9.53 Å². The van der Waals surface area contributed by atoms with Crippen LogP contribution in [0, 0.1) is 0 Å². The van der Waals surface area contributed by atoms with E-state index in [1.165, 1.54) is 5.56 Å². The summed E-state index contributed by atoms with van der Waals surface area (Å²) in [4.78, 5) is 14.7. The largest absolute Gasteiger partial charge is 0.493 e. The summed E-state index contributed by atoms with van der Waals surface area (Å²) in [5.41, 5.74) is 0.906. The van der Waals surface area contributed by atoms with Crippen molar-refractivity contribution >= 4 is 5.91 Å². The van der Waals surface area contributed by atoms with E-state index in [2.05, 4.69) is 6.07 Å². The molecule has 0 radical (unpaired) electrons. The number of hydrogen-bond acceptors (Lipinski definition) is 3. The van der Waals surface area contributed by atoms with Gasteiger partial charge in [-0.1, -0.05) is 18.2 Å². The molecule has 1 fully saturated rings. The number of morpholine rings is 1. The van der Waals surface area contributed by atoms with Crippen molar-refractivity contribution in [1.82, 2.24) is 4.90 Å². The Bertz CT molecular complexity index is 555. The third-order valence-electron chi connectivity index (χ3n) is 4.43. The zero-order chi connectivity index (χ0) is 15.7. The zero-order valence-electron chi connectivity index (χ0n) is 13.7. The van der Waals surface area contributed by atoms with Gasteiger partial charge in [-0.3, -0.25) is 4.79 Å². The minimum Gasteiger partial charge on any atom is -0.493 e. The highest BCUT2D eigenvalue weighted by atomic mass is 16.5. The summed E-state index contributed by atoms with van der Waals surface area (Å²) >= 11 is 0. The summed E-state index contributed by atoms with van der Waals surface area (Å²) in [6.07, 6.45) is 1.56. The molecule has 1 amide bonds. The first-order chi connectivity index (χ1) is 10.4. The smallest absolute Gasteiger partial charge is 0.223 e. The van der Waals surface area contributed by atoms with Crippen LogP contribution < -0.4 is 4.74 Å². The highest BCUT2D eigenvalue weighted by Gasteiger charge is 2.35. The quantitative estimate of drug-likeness (QED) is 0.843. The van der Waals surface area contributed by atoms with Gasteiger partial charge in [0.05, 0.1) is 18.3 Å². The number of carbonyl (C=O) groups is 1. The van der Waals surface area contributed by atoms with Gasteiger partial charge in [-0.2, -0.15) is 0 Å². The normalized spacial score (nSPS) is 27.0. The third kappa shape index (κ3) is 3.27. The Labute approximate surface area is 132 Å². The van der Waals surface area contributed by atoms with Crippen LogP contribution in [0.25, 0.3) is 0 Å². The average molecular weight is 303 g/mol. The Morgan fingerprint density at radius 3 is 2.91 bits per heavy atom. The first-order valence-electron chi connectivity index (χ1n) is 8.12. The number of rotatable bonds is 2. The van der Waals surface area contributed by atoms with Crippen LogP contribution in [-0.4, -0.2) is 42.2 Å². The van der Waals surface area contributed by atoms with Gasteiger partial charge in [-0.05, 0) is 44.7 Å². The summed E-state index contributed by atoms with van der Waals surface area (Å²) < 4.78 is 11.6. The molecule has 1 saturated heterocycles. The van der Waals surface area contributed by atoms with Crippen molar-refractivity contribution in [2.45, 2.75) is 51.2 Å². The van der Waals surface area contributed by atoms with E-state index < -0.39 is 0 Å². The number of amides is 1. The molecule has 1 aromatic rings. The van der Waals surface area contributed by atoms with Crippen molar-refractivity contribution in [1.29, 1.82) is 0 Å². The summed E-state index contributed by atoms with van der Waals surface area (Å²) in [6, 6.07) is 8.07. The highest BCUT2D eigenvalue weighted by Crippen LogP contribution is 2.36. The Morgan fingerprint density at radius 2 is 2.14 bits per heavy atom. The number of ether oxygens (including phenoxy) is 2. The average Bonchev–Trinajstić information content (AvgIpc) is 2.45. The summed E-state index contributed by atoms with van der Waals surface area (Å²) in [5, 5.41) is 0. The van der Waals surface area contributed by atoms with E-state index >= 15 is 0 Å². The van der Waals surface area contributed by atoms with Crippen molar-refractivity contribution < 1.29 is 14.3 Å². The van der Waals surface area contributed by atoms with Crippen LogP contribution in [0.3, 0.4) is 0 Å². The molecule has 2 aliphatic heterocycles. The maximum atomic E-state index is 12.7. The molecule has 3 rings (SSSR count). The molecule has 0 saturated carbocycles. The molecule has 2 heterocycles. The van der Waals surface area contributed by atoms with Crippen molar-refractivity contribution in [3.8, 4) is 5.75 Å². The molecule has 0 aliphatic carbocycles. The predicted octanol–water partition coefficient (Wildman–Crippen LogP) is 2.97. The Hall–Kier alpha value is -1.55. The number of nitrogens with zero attached hydrogens (tertiary/aromatic N) is 1. The Balaban J connectivity index is 1.70. The van der Waals surface area contributed by atoms with Crippen LogP contribution in [0.5, 0.6) is 5.75 Å². The number of hydrogen-bond donors (Lipinski definition) is 0. The number of fused-ring (bicyclic) bond motifs is 1. The van der Waals surface area contributed by atoms with Crippen LogP contribution in [0.4, 0.5) is 0 Å². The lowest BCUT2D eigenvalue weighted by Gasteiger charge is -2.42. The van der Waals surface area contributed by atoms with Crippen LogP contribution in [0.1, 0.15) is 45.1 Å². The number of para-hydroxylation sites is 1. The maximum absolute atomic E-state index is 12.7. The minimum atomic E-state index is -0.263. The molecule has 2 atom stereocenters. The van der Waals surface area contributed by atoms with Crippen molar-refractivity contribution in [3.63, 3.8) is 0 Å². The zero-order valence-corrected chi connectivity index (χ0v) is 13.7. The first-order valence-corrected chi connectivity index (χ1v) is 8.12. The highest BCUT2D eigenvalue weighted by molar-refractivity contribution is 5.77. The molecule has 0 spiro atoms. The minimum absolute atomic E-state index is 0.0923. The van der Waals surface area contributed by atoms with Gasteiger partial charge >= 0.3 is 0 Å². The van der Waals surface area contributed by atoms with Crippen LogP contribution in [0.15, 0.2) is 24.3 Å². The fraction of sp³-hybridized carbons (Fsp3) is 0.611. The molecular formula is C18H25NO3. The summed E-state index contributed by atoms with van der Waals surface area (Å²) in [7, 11) is 0. The van der Waals surface area contributed by atoms with E-state index in [0.29, 0.717) is 26.1 Å². The van der Waals surface area contributed by atoms with E-state index in [-0.39, 0.29) is 23.5 Å². The van der Waals surface area contributed by atoms with Gasteiger partial charge in [-0.25, -0.2) is 0 Å². The third-order valence-corrected chi connectivity index (χ3v) is 4.43. The fourth-order valence-corrected chi connectivity index (χ4v) is 3.61. The molecule has 4 heteroatoms. The van der Waals surface area contributed by atoms with Gasteiger partial charge in [0.1, 0.15) is 5.75 Å². The van der Waals surface area contributed by atoms with Crippen LogP contribution in [0.2, 0.25) is 0 Å². The van der Waals surface area contributed by atoms with Crippen LogP contribution >= 0.6 is 0 Å². The van der Waals surface area contributed by atoms with Crippen molar-refractivity contribution in [3.05, 3.63) is 29.8 Å². The first kappa shape index (κ1) is 15.3. The van der Waals surface area contributed by atoms with Gasteiger partial charge in [-0.15, -0.1) is 0 Å². The molecule has 22 heavy (non-hydrogen) atoms. The second kappa shape index (κ2) is 5.92. The molecule has 0 bridgehead atoms. The molecule has 0 aromatic heterocycles. The van der Waals surface area contributed by atoms with E-state index in [0.717, 1.165) is 12.2 Å². The van der Waals surface area contributed by atoms with Gasteiger partial charge in [0, 0.05) is 19.5 Å². The number of benzene rings is 1. The Kier molecular flexibility index (Phi) is 4.13. The monoisotopic (exact) mass is 303 g/mol.